The van der Waals surface area contributed by atoms with Crippen molar-refractivity contribution in [3.05, 3.63) is 64.9 Å². The van der Waals surface area contributed by atoms with Gasteiger partial charge in [-0.05, 0) is 54.8 Å². The van der Waals surface area contributed by atoms with Crippen molar-refractivity contribution in [2.24, 2.45) is 0 Å². The maximum atomic E-state index is 12.9. The van der Waals surface area contributed by atoms with E-state index < -0.39 is 34.4 Å². The number of carbonyl (C=O) groups excluding carboxylic acids is 2. The molecule has 1 atom stereocenters. The molecule has 12 heteroatoms. The van der Waals surface area contributed by atoms with Gasteiger partial charge in [-0.3, -0.25) is 9.59 Å². The van der Waals surface area contributed by atoms with E-state index in [4.69, 9.17) is 16.3 Å². The lowest BCUT2D eigenvalue weighted by molar-refractivity contribution is -0.148. The Kier molecular flexibility index (Phi) is 9.03. The molecule has 36 heavy (non-hydrogen) atoms. The highest BCUT2D eigenvalue weighted by atomic mass is 35.5. The Morgan fingerprint density at radius 3 is 2.22 bits per heavy atom. The van der Waals surface area contributed by atoms with Crippen molar-refractivity contribution in [3.8, 4) is 6.07 Å². The molecular weight excluding hydrogens is 524 g/mol. The van der Waals surface area contributed by atoms with Crippen LogP contribution in [0.4, 0.5) is 11.4 Å². The number of benzene rings is 2. The number of halogens is 1. The molecule has 9 nitrogen and oxygen atoms in total. The van der Waals surface area contributed by atoms with Crippen LogP contribution in [0.1, 0.15) is 6.42 Å². The number of hydrogen-bond donors (Lipinski definition) is 1. The summed E-state index contributed by atoms with van der Waals surface area (Å²) in [5.74, 6) is -0.773. The number of thioether (sulfide) groups is 1. The van der Waals surface area contributed by atoms with Crippen LogP contribution in [0.2, 0.25) is 5.02 Å². The highest BCUT2D eigenvalue weighted by molar-refractivity contribution is 7.98. The Bertz CT molecular complexity index is 1290. The van der Waals surface area contributed by atoms with Gasteiger partial charge >= 0.3 is 5.97 Å². The molecule has 0 fully saturated rings. The van der Waals surface area contributed by atoms with Gasteiger partial charge in [0, 0.05) is 19.1 Å². The van der Waals surface area contributed by atoms with Gasteiger partial charge in [0.05, 0.1) is 16.3 Å². The lowest BCUT2D eigenvalue weighted by Crippen LogP contribution is -2.42. The zero-order valence-electron chi connectivity index (χ0n) is 19.9. The van der Waals surface area contributed by atoms with Crippen LogP contribution in [-0.4, -0.2) is 58.9 Å². The van der Waals surface area contributed by atoms with Crippen molar-refractivity contribution < 1.29 is 22.7 Å². The van der Waals surface area contributed by atoms with E-state index in [1.54, 1.807) is 23.9 Å². The van der Waals surface area contributed by atoms with Crippen molar-refractivity contribution in [2.45, 2.75) is 17.4 Å². The highest BCUT2D eigenvalue weighted by Crippen LogP contribution is 2.40. The standard InChI is InChI=1S/C24H25ClN4O5S2/c1-28-20-6-4-5-7-21(20)29(2)23(28)18(14-26)22(30)15-34-24(31)19(12-13-35-3)27-36(32,33)17-10-8-16(25)9-11-17/h4-11,19,27H,12-13,15H2,1-3H3. The fraction of sp³-hybridized carbons (Fsp3) is 0.292. The summed E-state index contributed by atoms with van der Waals surface area (Å²) in [6, 6.07) is 13.6. The smallest absolute Gasteiger partial charge is 0.324 e. The second-order valence-corrected chi connectivity index (χ2v) is 11.0. The zero-order chi connectivity index (χ0) is 26.5. The van der Waals surface area contributed by atoms with Crippen molar-refractivity contribution in [3.63, 3.8) is 0 Å². The molecule has 1 heterocycles. The minimum absolute atomic E-state index is 0.0618. The van der Waals surface area contributed by atoms with Gasteiger partial charge in [0.2, 0.25) is 15.8 Å². The Balaban J connectivity index is 1.75. The van der Waals surface area contributed by atoms with E-state index in [0.29, 0.717) is 16.6 Å². The molecule has 1 aliphatic rings. The van der Waals surface area contributed by atoms with Crippen LogP contribution in [-0.2, 0) is 24.3 Å². The Morgan fingerprint density at radius 1 is 1.11 bits per heavy atom. The number of nitrogens with one attached hydrogen (secondary N) is 1. The molecule has 0 radical (unpaired) electrons. The van der Waals surface area contributed by atoms with Crippen LogP contribution in [0, 0.1) is 11.3 Å². The summed E-state index contributed by atoms with van der Waals surface area (Å²) in [7, 11) is -0.579. The SMILES string of the molecule is CSCCC(NS(=O)(=O)c1ccc(Cl)cc1)C(=O)OCC(=O)C(C#N)=C1N(C)c2ccccc2N1C. The predicted octanol–water partition coefficient (Wildman–Crippen LogP) is 3.17. The number of nitriles is 1. The van der Waals surface area contributed by atoms with Crippen molar-refractivity contribution in [2.75, 3.05) is 42.5 Å². The van der Waals surface area contributed by atoms with Gasteiger partial charge in [0.15, 0.2) is 6.61 Å². The number of para-hydroxylation sites is 2. The number of carbonyl (C=O) groups is 2. The molecule has 1 aliphatic heterocycles. The molecule has 0 saturated heterocycles. The van der Waals surface area contributed by atoms with Gasteiger partial charge in [0.1, 0.15) is 23.5 Å². The monoisotopic (exact) mass is 548 g/mol. The van der Waals surface area contributed by atoms with Crippen LogP contribution >= 0.6 is 23.4 Å². The fourth-order valence-electron chi connectivity index (χ4n) is 3.70. The van der Waals surface area contributed by atoms with Crippen molar-refractivity contribution in [1.29, 1.82) is 5.26 Å². The summed E-state index contributed by atoms with van der Waals surface area (Å²) in [6.45, 7) is -0.707. The van der Waals surface area contributed by atoms with Crippen LogP contribution in [0.25, 0.3) is 0 Å². The third-order valence-corrected chi connectivity index (χ3v) is 7.90. The van der Waals surface area contributed by atoms with E-state index in [9.17, 15) is 23.3 Å². The van der Waals surface area contributed by atoms with Crippen LogP contribution in [0.5, 0.6) is 0 Å². The number of ether oxygens (including phenoxy) is 1. The second-order valence-electron chi connectivity index (χ2n) is 7.86. The first kappa shape index (κ1) is 27.5. The van der Waals surface area contributed by atoms with Crippen LogP contribution in [0.3, 0.4) is 0 Å². The fourth-order valence-corrected chi connectivity index (χ4v) is 5.51. The van der Waals surface area contributed by atoms with Crippen molar-refractivity contribution in [1.82, 2.24) is 4.72 Å². The Hall–Kier alpha value is -3.04. The summed E-state index contributed by atoms with van der Waals surface area (Å²) in [4.78, 5) is 29.1. The third-order valence-electron chi connectivity index (χ3n) is 5.52. The van der Waals surface area contributed by atoms with Gasteiger partial charge in [-0.25, -0.2) is 8.42 Å². The molecule has 190 valence electrons. The molecule has 0 aromatic heterocycles. The first-order chi connectivity index (χ1) is 17.1. The highest BCUT2D eigenvalue weighted by Gasteiger charge is 2.32. The number of fused-ring (bicyclic) bond motifs is 1. The lowest BCUT2D eigenvalue weighted by Gasteiger charge is -2.20. The van der Waals surface area contributed by atoms with Gasteiger partial charge in [0.25, 0.3) is 0 Å². The summed E-state index contributed by atoms with van der Waals surface area (Å²) >= 11 is 7.26. The minimum Gasteiger partial charge on any atom is -0.456 e. The summed E-state index contributed by atoms with van der Waals surface area (Å²) < 4.78 is 33.1. The molecule has 0 bridgehead atoms. The molecule has 0 aliphatic carbocycles. The summed E-state index contributed by atoms with van der Waals surface area (Å²) in [5, 5.41) is 10.1. The summed E-state index contributed by atoms with van der Waals surface area (Å²) in [5.41, 5.74) is 1.47. The van der Waals surface area contributed by atoms with Crippen LogP contribution in [0.15, 0.2) is 64.8 Å². The molecule has 1 unspecified atom stereocenters. The normalized spacial score (nSPS) is 13.7. The Morgan fingerprint density at radius 2 is 1.69 bits per heavy atom. The maximum absolute atomic E-state index is 12.9. The first-order valence-electron chi connectivity index (χ1n) is 10.8. The number of hydrogen-bond acceptors (Lipinski definition) is 9. The first-order valence-corrected chi connectivity index (χ1v) is 14.0. The topological polar surface area (TPSA) is 120 Å². The lowest BCUT2D eigenvalue weighted by atomic mass is 10.2. The van der Waals surface area contributed by atoms with Gasteiger partial charge in [-0.1, -0.05) is 23.7 Å². The number of nitrogens with zero attached hydrogens (tertiary/aromatic N) is 3. The van der Waals surface area contributed by atoms with E-state index >= 15 is 0 Å². The third kappa shape index (κ3) is 6.02. The van der Waals surface area contributed by atoms with E-state index in [1.807, 2.05) is 36.6 Å². The predicted molar refractivity (Wildman–Crippen MR) is 140 cm³/mol. The molecule has 0 saturated carbocycles. The number of anilines is 2. The number of sulfonamides is 1. The average molecular weight is 549 g/mol. The molecule has 2 aromatic rings. The molecule has 3 rings (SSSR count). The van der Waals surface area contributed by atoms with E-state index in [1.165, 1.54) is 36.0 Å². The largest absolute Gasteiger partial charge is 0.456 e. The van der Waals surface area contributed by atoms with Crippen LogP contribution < -0.4 is 14.5 Å². The van der Waals surface area contributed by atoms with Gasteiger partial charge < -0.3 is 14.5 Å². The zero-order valence-corrected chi connectivity index (χ0v) is 22.3. The number of Topliss-reactive ketones (excluding diaryl/α,β-unsaturated/α-hetero) is 1. The van der Waals surface area contributed by atoms with E-state index in [-0.39, 0.29) is 16.9 Å². The molecule has 0 spiro atoms. The van der Waals surface area contributed by atoms with E-state index in [2.05, 4.69) is 4.72 Å². The van der Waals surface area contributed by atoms with Crippen molar-refractivity contribution >= 4 is 56.5 Å². The molecule has 2 aromatic carbocycles. The van der Waals surface area contributed by atoms with Gasteiger partial charge in [-0.2, -0.15) is 21.7 Å². The molecule has 0 amide bonds. The Labute approximate surface area is 219 Å². The van der Waals surface area contributed by atoms with E-state index in [0.717, 1.165) is 11.4 Å². The quantitative estimate of drug-likeness (QED) is 0.271. The minimum atomic E-state index is -4.05. The maximum Gasteiger partial charge on any atom is 0.324 e. The number of ketones is 1. The molecular formula is C24H25ClN4O5S2. The average Bonchev–Trinajstić information content (AvgIpc) is 3.11. The van der Waals surface area contributed by atoms with Gasteiger partial charge in [-0.15, -0.1) is 0 Å². The molecule has 1 N–H and O–H groups in total. The number of esters is 1. The number of rotatable bonds is 10. The second kappa shape index (κ2) is 11.8. The summed E-state index contributed by atoms with van der Waals surface area (Å²) in [6.07, 6.45) is 1.96.